The Hall–Kier alpha value is -0.610. The maximum Gasteiger partial charge on any atom is 0.220 e. The molecule has 0 aliphatic rings. The fourth-order valence-electron chi connectivity index (χ4n) is 1.68. The first-order valence-corrected chi connectivity index (χ1v) is 7.00. The van der Waals surface area contributed by atoms with Gasteiger partial charge in [0.1, 0.15) is 0 Å². The molecule has 0 rings (SSSR count). The van der Waals surface area contributed by atoms with E-state index >= 15 is 0 Å². The summed E-state index contributed by atoms with van der Waals surface area (Å²) in [6.07, 6.45) is 6.80. The molecule has 108 valence electrons. The standard InChI is InChI=1S/C14H29NO3/c1-4-5-6-7-8-9-13(16)15-12-14(2,17)10-11-18-3/h17H,4-12H2,1-3H3,(H,15,16). The molecule has 2 N–H and O–H groups in total. The highest BCUT2D eigenvalue weighted by molar-refractivity contribution is 5.75. The van der Waals surface area contributed by atoms with Crippen LogP contribution in [0.1, 0.15) is 58.8 Å². The fourth-order valence-corrected chi connectivity index (χ4v) is 1.68. The van der Waals surface area contributed by atoms with E-state index in [-0.39, 0.29) is 5.91 Å². The lowest BCUT2D eigenvalue weighted by Crippen LogP contribution is -2.41. The zero-order valence-corrected chi connectivity index (χ0v) is 12.1. The summed E-state index contributed by atoms with van der Waals surface area (Å²) in [6, 6.07) is 0. The van der Waals surface area contributed by atoms with Crippen LogP contribution in [-0.4, -0.2) is 36.9 Å². The van der Waals surface area contributed by atoms with Crippen LogP contribution in [0.2, 0.25) is 0 Å². The van der Waals surface area contributed by atoms with Crippen molar-refractivity contribution in [3.8, 4) is 0 Å². The molecule has 0 bridgehead atoms. The summed E-state index contributed by atoms with van der Waals surface area (Å²) in [5.41, 5.74) is -0.881. The third kappa shape index (κ3) is 10.5. The molecule has 0 heterocycles. The minimum atomic E-state index is -0.881. The van der Waals surface area contributed by atoms with Crippen molar-refractivity contribution < 1.29 is 14.6 Å². The van der Waals surface area contributed by atoms with E-state index < -0.39 is 5.60 Å². The largest absolute Gasteiger partial charge is 0.388 e. The summed E-state index contributed by atoms with van der Waals surface area (Å²) < 4.78 is 4.91. The average molecular weight is 259 g/mol. The van der Waals surface area contributed by atoms with Crippen molar-refractivity contribution >= 4 is 5.91 Å². The number of hydrogen-bond donors (Lipinski definition) is 2. The molecule has 4 heteroatoms. The quantitative estimate of drug-likeness (QED) is 0.560. The summed E-state index contributed by atoms with van der Waals surface area (Å²) in [4.78, 5) is 11.5. The van der Waals surface area contributed by atoms with E-state index in [1.165, 1.54) is 19.3 Å². The number of rotatable bonds is 11. The highest BCUT2D eigenvalue weighted by Gasteiger charge is 2.20. The maximum atomic E-state index is 11.5. The third-order valence-corrected chi connectivity index (χ3v) is 3.02. The van der Waals surface area contributed by atoms with Crippen molar-refractivity contribution in [2.45, 2.75) is 64.4 Å². The molecule has 0 aliphatic heterocycles. The van der Waals surface area contributed by atoms with Gasteiger partial charge in [0, 0.05) is 33.1 Å². The van der Waals surface area contributed by atoms with Crippen LogP contribution in [0.15, 0.2) is 0 Å². The van der Waals surface area contributed by atoms with E-state index in [9.17, 15) is 9.90 Å². The molecule has 1 atom stereocenters. The predicted molar refractivity (Wildman–Crippen MR) is 73.5 cm³/mol. The van der Waals surface area contributed by atoms with Gasteiger partial charge in [-0.3, -0.25) is 4.79 Å². The predicted octanol–water partition coefficient (Wildman–Crippen LogP) is 2.25. The Morgan fingerprint density at radius 1 is 1.28 bits per heavy atom. The monoisotopic (exact) mass is 259 g/mol. The second-order valence-corrected chi connectivity index (χ2v) is 5.18. The number of carbonyl (C=O) groups is 1. The van der Waals surface area contributed by atoms with Gasteiger partial charge in [-0.25, -0.2) is 0 Å². The molecule has 0 aromatic heterocycles. The number of ether oxygens (including phenoxy) is 1. The highest BCUT2D eigenvalue weighted by Crippen LogP contribution is 2.08. The van der Waals surface area contributed by atoms with Gasteiger partial charge < -0.3 is 15.2 Å². The zero-order chi connectivity index (χ0) is 13.9. The van der Waals surface area contributed by atoms with Gasteiger partial charge in [-0.1, -0.05) is 32.6 Å². The summed E-state index contributed by atoms with van der Waals surface area (Å²) in [6.45, 7) is 4.69. The molecule has 0 aromatic carbocycles. The minimum absolute atomic E-state index is 0.0317. The first-order valence-electron chi connectivity index (χ1n) is 7.00. The Morgan fingerprint density at radius 2 is 1.94 bits per heavy atom. The molecule has 0 aromatic rings. The van der Waals surface area contributed by atoms with E-state index in [1.807, 2.05) is 0 Å². The van der Waals surface area contributed by atoms with Crippen LogP contribution in [-0.2, 0) is 9.53 Å². The van der Waals surface area contributed by atoms with Crippen molar-refractivity contribution in [3.05, 3.63) is 0 Å². The van der Waals surface area contributed by atoms with Crippen LogP contribution in [0.5, 0.6) is 0 Å². The van der Waals surface area contributed by atoms with Gasteiger partial charge in [0.05, 0.1) is 5.60 Å². The number of methoxy groups -OCH3 is 1. The van der Waals surface area contributed by atoms with Gasteiger partial charge in [-0.05, 0) is 13.3 Å². The lowest BCUT2D eigenvalue weighted by atomic mass is 10.0. The van der Waals surface area contributed by atoms with Gasteiger partial charge in [-0.15, -0.1) is 0 Å². The van der Waals surface area contributed by atoms with Crippen molar-refractivity contribution in [2.24, 2.45) is 0 Å². The summed E-state index contributed by atoms with van der Waals surface area (Å²) in [7, 11) is 1.60. The van der Waals surface area contributed by atoms with Crippen molar-refractivity contribution in [1.29, 1.82) is 0 Å². The van der Waals surface area contributed by atoms with E-state index in [1.54, 1.807) is 14.0 Å². The molecule has 0 aliphatic carbocycles. The molecule has 4 nitrogen and oxygen atoms in total. The van der Waals surface area contributed by atoms with E-state index in [0.29, 0.717) is 26.0 Å². The maximum absolute atomic E-state index is 11.5. The number of aliphatic hydroxyl groups is 1. The van der Waals surface area contributed by atoms with Gasteiger partial charge in [0.2, 0.25) is 5.91 Å². The normalized spacial score (nSPS) is 14.2. The molecule has 0 saturated heterocycles. The van der Waals surface area contributed by atoms with Crippen LogP contribution in [0.25, 0.3) is 0 Å². The number of nitrogens with one attached hydrogen (secondary N) is 1. The Bertz CT molecular complexity index is 217. The van der Waals surface area contributed by atoms with Crippen LogP contribution >= 0.6 is 0 Å². The molecule has 0 spiro atoms. The fraction of sp³-hybridized carbons (Fsp3) is 0.929. The zero-order valence-electron chi connectivity index (χ0n) is 12.1. The Balaban J connectivity index is 3.56. The molecule has 1 unspecified atom stereocenters. The molecule has 18 heavy (non-hydrogen) atoms. The summed E-state index contributed by atoms with van der Waals surface area (Å²) >= 11 is 0. The van der Waals surface area contributed by atoms with Gasteiger partial charge in [0.15, 0.2) is 0 Å². The number of carbonyl (C=O) groups excluding carboxylic acids is 1. The summed E-state index contributed by atoms with van der Waals surface area (Å²) in [5.74, 6) is 0.0317. The summed E-state index contributed by atoms with van der Waals surface area (Å²) in [5, 5.41) is 12.7. The first-order chi connectivity index (χ1) is 8.52. The third-order valence-electron chi connectivity index (χ3n) is 3.02. The van der Waals surface area contributed by atoms with Gasteiger partial charge >= 0.3 is 0 Å². The number of unbranched alkanes of at least 4 members (excludes halogenated alkanes) is 4. The average Bonchev–Trinajstić information content (AvgIpc) is 2.34. The molecule has 0 saturated carbocycles. The lowest BCUT2D eigenvalue weighted by Gasteiger charge is -2.23. The molecule has 0 radical (unpaired) electrons. The molecular formula is C14H29NO3. The molecular weight excluding hydrogens is 230 g/mol. The number of hydrogen-bond acceptors (Lipinski definition) is 3. The second kappa shape index (κ2) is 10.3. The first kappa shape index (κ1) is 17.4. The molecule has 0 fully saturated rings. The van der Waals surface area contributed by atoms with Crippen molar-refractivity contribution in [3.63, 3.8) is 0 Å². The lowest BCUT2D eigenvalue weighted by molar-refractivity contribution is -0.122. The second-order valence-electron chi connectivity index (χ2n) is 5.18. The van der Waals surface area contributed by atoms with E-state index in [2.05, 4.69) is 12.2 Å². The smallest absolute Gasteiger partial charge is 0.220 e. The van der Waals surface area contributed by atoms with Crippen LogP contribution < -0.4 is 5.32 Å². The molecule has 1 amide bonds. The SMILES string of the molecule is CCCCCCCC(=O)NCC(C)(O)CCOC. The minimum Gasteiger partial charge on any atom is -0.388 e. The highest BCUT2D eigenvalue weighted by atomic mass is 16.5. The Morgan fingerprint density at radius 3 is 2.56 bits per heavy atom. The van der Waals surface area contributed by atoms with Crippen molar-refractivity contribution in [1.82, 2.24) is 5.32 Å². The topological polar surface area (TPSA) is 58.6 Å². The van der Waals surface area contributed by atoms with Crippen LogP contribution in [0.4, 0.5) is 0 Å². The van der Waals surface area contributed by atoms with Gasteiger partial charge in [0.25, 0.3) is 0 Å². The van der Waals surface area contributed by atoms with Crippen LogP contribution in [0.3, 0.4) is 0 Å². The van der Waals surface area contributed by atoms with E-state index in [4.69, 9.17) is 4.74 Å². The number of amides is 1. The Kier molecular flexibility index (Phi) is 9.98. The Labute approximate surface area is 111 Å². The van der Waals surface area contributed by atoms with Crippen LogP contribution in [0, 0.1) is 0 Å². The van der Waals surface area contributed by atoms with Gasteiger partial charge in [-0.2, -0.15) is 0 Å². The van der Waals surface area contributed by atoms with Crippen molar-refractivity contribution in [2.75, 3.05) is 20.3 Å². The van der Waals surface area contributed by atoms with E-state index in [0.717, 1.165) is 12.8 Å².